The van der Waals surface area contributed by atoms with Crippen LogP contribution in [0.1, 0.15) is 31.3 Å². The highest BCUT2D eigenvalue weighted by Gasteiger charge is 2.20. The minimum Gasteiger partial charge on any atom is -0.461 e. The molecule has 0 atom stereocenters. The van der Waals surface area contributed by atoms with Crippen molar-refractivity contribution in [2.75, 3.05) is 26.2 Å². The number of rotatable bonds is 8. The molecular weight excluding hydrogens is 392 g/mol. The first-order chi connectivity index (χ1) is 15.3. The summed E-state index contributed by atoms with van der Waals surface area (Å²) in [6.07, 6.45) is 6.34. The van der Waals surface area contributed by atoms with Crippen LogP contribution in [0, 0.1) is 0 Å². The topological polar surface area (TPSA) is 107 Å². The Kier molecular flexibility index (Phi) is 7.28. The van der Waals surface area contributed by atoms with Crippen molar-refractivity contribution in [3.63, 3.8) is 0 Å². The van der Waals surface area contributed by atoms with Gasteiger partial charge >= 0.3 is 0 Å². The van der Waals surface area contributed by atoms with E-state index in [0.717, 1.165) is 56.5 Å². The van der Waals surface area contributed by atoms with Gasteiger partial charge < -0.3 is 15.1 Å². The normalized spacial score (nSPS) is 15.8. The van der Waals surface area contributed by atoms with E-state index in [1.165, 1.54) is 0 Å². The van der Waals surface area contributed by atoms with E-state index in [1.807, 2.05) is 30.5 Å². The first kappa shape index (κ1) is 21.0. The summed E-state index contributed by atoms with van der Waals surface area (Å²) >= 11 is 0. The van der Waals surface area contributed by atoms with Crippen molar-refractivity contribution in [2.45, 2.75) is 38.8 Å². The second kappa shape index (κ2) is 10.7. The van der Waals surface area contributed by atoms with Crippen molar-refractivity contribution >= 4 is 5.96 Å². The molecule has 0 bridgehead atoms. The van der Waals surface area contributed by atoms with Gasteiger partial charge in [-0.2, -0.15) is 5.10 Å². The van der Waals surface area contributed by atoms with Gasteiger partial charge in [-0.1, -0.05) is 6.07 Å². The summed E-state index contributed by atoms with van der Waals surface area (Å²) in [6, 6.07) is 10.2. The fraction of sp³-hybridized carbons (Fsp3) is 0.455. The molecule has 0 radical (unpaired) electrons. The van der Waals surface area contributed by atoms with Crippen molar-refractivity contribution in [1.29, 1.82) is 0 Å². The summed E-state index contributed by atoms with van der Waals surface area (Å²) in [7, 11) is 0. The molecule has 1 saturated heterocycles. The van der Waals surface area contributed by atoms with E-state index < -0.39 is 0 Å². The van der Waals surface area contributed by atoms with Gasteiger partial charge in [-0.25, -0.2) is 4.98 Å². The molecule has 9 heteroatoms. The van der Waals surface area contributed by atoms with Crippen molar-refractivity contribution in [2.24, 2.45) is 4.99 Å². The molecule has 0 aromatic carbocycles. The molecule has 3 N–H and O–H groups in total. The fourth-order valence-corrected chi connectivity index (χ4v) is 3.67. The summed E-state index contributed by atoms with van der Waals surface area (Å²) < 4.78 is 5.33. The minimum atomic E-state index is 0.425. The van der Waals surface area contributed by atoms with E-state index in [4.69, 9.17) is 9.41 Å². The molecule has 164 valence electrons. The van der Waals surface area contributed by atoms with Gasteiger partial charge in [0.05, 0.1) is 12.0 Å². The Labute approximate surface area is 182 Å². The Balaban J connectivity index is 1.24. The van der Waals surface area contributed by atoms with Crippen molar-refractivity contribution in [3.05, 3.63) is 54.3 Å². The number of hydrogen-bond acceptors (Lipinski definition) is 6. The molecular formula is C22H30N8O. The van der Waals surface area contributed by atoms with Gasteiger partial charge in [0.1, 0.15) is 5.82 Å². The molecule has 0 spiro atoms. The number of aromatic amines is 1. The van der Waals surface area contributed by atoms with Crippen LogP contribution in [0.5, 0.6) is 0 Å². The average molecular weight is 423 g/mol. The van der Waals surface area contributed by atoms with E-state index in [2.05, 4.69) is 48.7 Å². The lowest BCUT2D eigenvalue weighted by molar-refractivity contribution is 0.196. The maximum absolute atomic E-state index is 5.33. The highest BCUT2D eigenvalue weighted by atomic mass is 16.3. The first-order valence-electron chi connectivity index (χ1n) is 10.9. The van der Waals surface area contributed by atoms with E-state index >= 15 is 0 Å². The molecule has 1 aliphatic heterocycles. The van der Waals surface area contributed by atoms with Crippen LogP contribution in [0.2, 0.25) is 0 Å². The second-order valence-electron chi connectivity index (χ2n) is 7.61. The van der Waals surface area contributed by atoms with Gasteiger partial charge in [0, 0.05) is 51.4 Å². The van der Waals surface area contributed by atoms with Crippen LogP contribution in [-0.4, -0.2) is 63.2 Å². The maximum Gasteiger partial charge on any atom is 0.216 e. The van der Waals surface area contributed by atoms with Gasteiger partial charge in [-0.3, -0.25) is 20.0 Å². The SMILES string of the molecule is CCNC(=NCCc1nc(-c2ccco2)n[nH]1)NC1CCN(Cc2ccccn2)CC1. The molecule has 0 amide bonds. The quantitative estimate of drug-likeness (QED) is 0.377. The van der Waals surface area contributed by atoms with Crippen LogP contribution in [0.4, 0.5) is 0 Å². The Morgan fingerprint density at radius 3 is 2.90 bits per heavy atom. The second-order valence-corrected chi connectivity index (χ2v) is 7.61. The maximum atomic E-state index is 5.33. The van der Waals surface area contributed by atoms with Crippen molar-refractivity contribution in [1.82, 2.24) is 35.7 Å². The van der Waals surface area contributed by atoms with Gasteiger partial charge in [0.15, 0.2) is 11.7 Å². The Hall–Kier alpha value is -3.20. The smallest absolute Gasteiger partial charge is 0.216 e. The number of piperidine rings is 1. The number of nitrogens with one attached hydrogen (secondary N) is 3. The molecule has 3 aromatic heterocycles. The van der Waals surface area contributed by atoms with Crippen molar-refractivity contribution in [3.8, 4) is 11.6 Å². The third-order valence-corrected chi connectivity index (χ3v) is 5.28. The van der Waals surface area contributed by atoms with Crippen LogP contribution in [0.3, 0.4) is 0 Å². The highest BCUT2D eigenvalue weighted by Crippen LogP contribution is 2.15. The van der Waals surface area contributed by atoms with Crippen molar-refractivity contribution < 1.29 is 4.42 Å². The number of hydrogen-bond donors (Lipinski definition) is 3. The number of nitrogens with zero attached hydrogens (tertiary/aromatic N) is 5. The van der Waals surface area contributed by atoms with Crippen LogP contribution in [-0.2, 0) is 13.0 Å². The molecule has 1 fully saturated rings. The molecule has 4 rings (SSSR count). The zero-order valence-electron chi connectivity index (χ0n) is 17.9. The minimum absolute atomic E-state index is 0.425. The zero-order valence-corrected chi connectivity index (χ0v) is 17.9. The van der Waals surface area contributed by atoms with E-state index in [9.17, 15) is 0 Å². The molecule has 4 heterocycles. The number of aromatic nitrogens is 4. The standard InChI is InChI=1S/C22H30N8O/c1-2-23-22(25-12-8-20-27-21(29-28-20)19-7-5-15-31-19)26-17-9-13-30(14-10-17)16-18-6-3-4-11-24-18/h3-7,11,15,17H,2,8-10,12-14,16H2,1H3,(H2,23,25,26)(H,27,28,29). The highest BCUT2D eigenvalue weighted by molar-refractivity contribution is 5.80. The molecule has 0 aliphatic carbocycles. The summed E-state index contributed by atoms with van der Waals surface area (Å²) in [5, 5.41) is 14.1. The number of pyridine rings is 1. The van der Waals surface area contributed by atoms with E-state index in [1.54, 1.807) is 6.26 Å². The van der Waals surface area contributed by atoms with E-state index in [0.29, 0.717) is 30.6 Å². The predicted molar refractivity (Wildman–Crippen MR) is 119 cm³/mol. The third-order valence-electron chi connectivity index (χ3n) is 5.28. The largest absolute Gasteiger partial charge is 0.461 e. The molecule has 3 aromatic rings. The van der Waals surface area contributed by atoms with Gasteiger partial charge in [0.25, 0.3) is 0 Å². The van der Waals surface area contributed by atoms with Gasteiger partial charge in [-0.05, 0) is 44.0 Å². The number of H-pyrrole nitrogens is 1. The molecule has 1 aliphatic rings. The number of furan rings is 1. The third kappa shape index (κ3) is 6.14. The fourth-order valence-electron chi connectivity index (χ4n) is 3.67. The first-order valence-corrected chi connectivity index (χ1v) is 10.9. The Morgan fingerprint density at radius 1 is 1.26 bits per heavy atom. The van der Waals surface area contributed by atoms with Crippen LogP contribution in [0.15, 0.2) is 52.2 Å². The summed E-state index contributed by atoms with van der Waals surface area (Å²) in [5.41, 5.74) is 1.13. The summed E-state index contributed by atoms with van der Waals surface area (Å²) in [5.74, 6) is 2.90. The van der Waals surface area contributed by atoms with Crippen LogP contribution < -0.4 is 10.6 Å². The monoisotopic (exact) mass is 422 g/mol. The number of aliphatic imine (C=N–C) groups is 1. The molecule has 31 heavy (non-hydrogen) atoms. The number of guanidine groups is 1. The van der Waals surface area contributed by atoms with E-state index in [-0.39, 0.29) is 0 Å². The molecule has 0 unspecified atom stereocenters. The Morgan fingerprint density at radius 2 is 2.16 bits per heavy atom. The summed E-state index contributed by atoms with van der Waals surface area (Å²) in [4.78, 5) is 16.1. The summed E-state index contributed by atoms with van der Waals surface area (Å²) in [6.45, 7) is 6.57. The Bertz CT molecular complexity index is 930. The molecule has 0 saturated carbocycles. The number of likely N-dealkylation sites (tertiary alicyclic amines) is 1. The average Bonchev–Trinajstić information content (AvgIpc) is 3.48. The lowest BCUT2D eigenvalue weighted by Gasteiger charge is -2.32. The lowest BCUT2D eigenvalue weighted by Crippen LogP contribution is -2.48. The van der Waals surface area contributed by atoms with Gasteiger partial charge in [-0.15, -0.1) is 0 Å². The van der Waals surface area contributed by atoms with Gasteiger partial charge in [0.2, 0.25) is 5.82 Å². The predicted octanol–water partition coefficient (Wildman–Crippen LogP) is 2.22. The molecule has 9 nitrogen and oxygen atoms in total. The zero-order chi connectivity index (χ0) is 21.3. The lowest BCUT2D eigenvalue weighted by atomic mass is 10.0. The van der Waals surface area contributed by atoms with Crippen LogP contribution in [0.25, 0.3) is 11.6 Å². The van der Waals surface area contributed by atoms with Crippen LogP contribution >= 0.6 is 0 Å².